The van der Waals surface area contributed by atoms with E-state index >= 15 is 0 Å². The lowest BCUT2D eigenvalue weighted by Crippen LogP contribution is -2.30. The van der Waals surface area contributed by atoms with Crippen LogP contribution in [0.4, 0.5) is 0 Å². The van der Waals surface area contributed by atoms with Crippen molar-refractivity contribution in [3.8, 4) is 5.82 Å². The average molecular weight is 332 g/mol. The zero-order valence-corrected chi connectivity index (χ0v) is 14.2. The molecule has 126 valence electrons. The summed E-state index contributed by atoms with van der Waals surface area (Å²) in [4.78, 5) is 23.3. The molecule has 25 heavy (non-hydrogen) atoms. The number of amides is 1. The highest BCUT2D eigenvalue weighted by Gasteiger charge is 2.30. The van der Waals surface area contributed by atoms with Crippen LogP contribution in [0, 0.1) is 6.92 Å². The van der Waals surface area contributed by atoms with Crippen molar-refractivity contribution in [3.63, 3.8) is 0 Å². The number of likely N-dealkylation sites (tertiary alicyclic amines) is 1. The van der Waals surface area contributed by atoms with E-state index in [1.54, 1.807) is 18.7 Å². The first-order valence-electron chi connectivity index (χ1n) is 8.54. The Bertz CT molecular complexity index is 854. The molecule has 1 atom stereocenters. The van der Waals surface area contributed by atoms with Crippen molar-refractivity contribution in [1.29, 1.82) is 0 Å². The van der Waals surface area contributed by atoms with Crippen LogP contribution in [0.5, 0.6) is 0 Å². The first kappa shape index (κ1) is 15.6. The lowest BCUT2D eigenvalue weighted by atomic mass is 10.0. The van der Waals surface area contributed by atoms with Crippen molar-refractivity contribution in [2.24, 2.45) is 0 Å². The molecule has 1 saturated heterocycles. The van der Waals surface area contributed by atoms with E-state index in [2.05, 4.69) is 41.2 Å². The molecule has 4 rings (SSSR count). The largest absolute Gasteiger partial charge is 0.332 e. The maximum Gasteiger partial charge on any atom is 0.255 e. The van der Waals surface area contributed by atoms with Crippen molar-refractivity contribution >= 4 is 5.91 Å². The maximum atomic E-state index is 13.0. The number of benzene rings is 1. The third-order valence-corrected chi connectivity index (χ3v) is 4.74. The van der Waals surface area contributed by atoms with Gasteiger partial charge in [0.05, 0.1) is 11.6 Å². The molecule has 1 aliphatic rings. The number of pyridine rings is 1. The van der Waals surface area contributed by atoms with E-state index < -0.39 is 0 Å². The van der Waals surface area contributed by atoms with Crippen LogP contribution in [0.2, 0.25) is 0 Å². The van der Waals surface area contributed by atoms with Crippen molar-refractivity contribution < 1.29 is 4.79 Å². The van der Waals surface area contributed by atoms with Crippen LogP contribution in [-0.2, 0) is 0 Å². The Hall–Kier alpha value is -2.95. The number of hydrogen-bond acceptors (Lipinski definition) is 3. The van der Waals surface area contributed by atoms with E-state index in [1.165, 1.54) is 11.1 Å². The Kier molecular flexibility index (Phi) is 4.06. The summed E-state index contributed by atoms with van der Waals surface area (Å²) in [5.74, 6) is 0.804. The van der Waals surface area contributed by atoms with Gasteiger partial charge in [0.25, 0.3) is 5.91 Å². The molecular formula is C20H20N4O. The standard InChI is InChI=1S/C20H20N4O/c1-15-4-6-16(7-5-15)18-3-2-11-24(18)20(25)17-8-9-19(22-13-17)23-12-10-21-14-23/h4-10,12-14,18H,2-3,11H2,1H3. The Morgan fingerprint density at radius 3 is 2.68 bits per heavy atom. The number of hydrogen-bond donors (Lipinski definition) is 0. The van der Waals surface area contributed by atoms with Crippen LogP contribution >= 0.6 is 0 Å². The molecule has 1 unspecified atom stereocenters. The van der Waals surface area contributed by atoms with Gasteiger partial charge in [0, 0.05) is 25.1 Å². The minimum Gasteiger partial charge on any atom is -0.332 e. The van der Waals surface area contributed by atoms with Gasteiger partial charge in [-0.05, 0) is 37.5 Å². The molecular weight excluding hydrogens is 312 g/mol. The first-order chi connectivity index (χ1) is 12.2. The van der Waals surface area contributed by atoms with Gasteiger partial charge < -0.3 is 4.90 Å². The summed E-state index contributed by atoms with van der Waals surface area (Å²) in [7, 11) is 0. The molecule has 0 aliphatic carbocycles. The molecule has 5 nitrogen and oxygen atoms in total. The monoisotopic (exact) mass is 332 g/mol. The third kappa shape index (κ3) is 3.05. The third-order valence-electron chi connectivity index (χ3n) is 4.74. The number of aromatic nitrogens is 3. The second-order valence-corrected chi connectivity index (χ2v) is 6.44. The normalized spacial score (nSPS) is 17.0. The van der Waals surface area contributed by atoms with E-state index in [0.29, 0.717) is 5.56 Å². The first-order valence-corrected chi connectivity index (χ1v) is 8.54. The number of rotatable bonds is 3. The molecule has 0 saturated carbocycles. The fourth-order valence-corrected chi connectivity index (χ4v) is 3.37. The average Bonchev–Trinajstić information content (AvgIpc) is 3.34. The molecule has 1 aromatic carbocycles. The molecule has 0 N–H and O–H groups in total. The van der Waals surface area contributed by atoms with E-state index in [4.69, 9.17) is 0 Å². The van der Waals surface area contributed by atoms with Gasteiger partial charge in [-0.15, -0.1) is 0 Å². The number of imidazole rings is 1. The minimum atomic E-state index is 0.0488. The van der Waals surface area contributed by atoms with Gasteiger partial charge in [-0.3, -0.25) is 9.36 Å². The Balaban J connectivity index is 1.56. The van der Waals surface area contributed by atoms with Crippen molar-refractivity contribution in [2.45, 2.75) is 25.8 Å². The number of carbonyl (C=O) groups is 1. The molecule has 1 aliphatic heterocycles. The zero-order valence-electron chi connectivity index (χ0n) is 14.2. The minimum absolute atomic E-state index is 0.0488. The fraction of sp³-hybridized carbons (Fsp3) is 0.250. The molecule has 0 radical (unpaired) electrons. The Morgan fingerprint density at radius 2 is 2.00 bits per heavy atom. The van der Waals surface area contributed by atoms with E-state index in [9.17, 15) is 4.79 Å². The van der Waals surface area contributed by atoms with Crippen molar-refractivity contribution in [1.82, 2.24) is 19.4 Å². The van der Waals surface area contributed by atoms with Crippen LogP contribution in [0.1, 0.15) is 40.4 Å². The highest BCUT2D eigenvalue weighted by atomic mass is 16.2. The highest BCUT2D eigenvalue weighted by Crippen LogP contribution is 2.33. The van der Waals surface area contributed by atoms with Crippen LogP contribution < -0.4 is 0 Å². The Labute approximate surface area is 147 Å². The molecule has 1 amide bonds. The van der Waals surface area contributed by atoms with E-state index in [-0.39, 0.29) is 11.9 Å². The van der Waals surface area contributed by atoms with Crippen molar-refractivity contribution in [3.05, 3.63) is 78.0 Å². The van der Waals surface area contributed by atoms with E-state index in [0.717, 1.165) is 25.2 Å². The molecule has 0 bridgehead atoms. The number of carbonyl (C=O) groups excluding carboxylic acids is 1. The maximum absolute atomic E-state index is 13.0. The van der Waals surface area contributed by atoms with Gasteiger partial charge in [0.1, 0.15) is 12.1 Å². The predicted molar refractivity (Wildman–Crippen MR) is 95.5 cm³/mol. The summed E-state index contributed by atoms with van der Waals surface area (Å²) < 4.78 is 1.82. The molecule has 2 aromatic heterocycles. The molecule has 1 fully saturated rings. The number of aryl methyl sites for hydroxylation is 1. The van der Waals surface area contributed by atoms with Gasteiger partial charge >= 0.3 is 0 Å². The van der Waals surface area contributed by atoms with Gasteiger partial charge in [-0.2, -0.15) is 0 Å². The molecule has 3 aromatic rings. The van der Waals surface area contributed by atoms with Crippen molar-refractivity contribution in [2.75, 3.05) is 6.54 Å². The second-order valence-electron chi connectivity index (χ2n) is 6.44. The van der Waals surface area contributed by atoms with Gasteiger partial charge in [0.2, 0.25) is 0 Å². The fourth-order valence-electron chi connectivity index (χ4n) is 3.37. The van der Waals surface area contributed by atoms with Gasteiger partial charge in [-0.1, -0.05) is 29.8 Å². The quantitative estimate of drug-likeness (QED) is 0.737. The number of nitrogens with zero attached hydrogens (tertiary/aromatic N) is 4. The summed E-state index contributed by atoms with van der Waals surface area (Å²) in [6.45, 7) is 2.87. The van der Waals surface area contributed by atoms with Gasteiger partial charge in [-0.25, -0.2) is 9.97 Å². The lowest BCUT2D eigenvalue weighted by molar-refractivity contribution is 0.0735. The molecule has 5 heteroatoms. The molecule has 3 heterocycles. The highest BCUT2D eigenvalue weighted by molar-refractivity contribution is 5.94. The Morgan fingerprint density at radius 1 is 1.16 bits per heavy atom. The topological polar surface area (TPSA) is 51.0 Å². The summed E-state index contributed by atoms with van der Waals surface area (Å²) >= 11 is 0. The van der Waals surface area contributed by atoms with Gasteiger partial charge in [0.15, 0.2) is 0 Å². The second kappa shape index (κ2) is 6.51. The summed E-state index contributed by atoms with van der Waals surface area (Å²) in [6.07, 6.45) is 8.93. The summed E-state index contributed by atoms with van der Waals surface area (Å²) in [6, 6.07) is 12.3. The smallest absolute Gasteiger partial charge is 0.255 e. The predicted octanol–water partition coefficient (Wildman–Crippen LogP) is 3.55. The summed E-state index contributed by atoms with van der Waals surface area (Å²) in [5, 5.41) is 0. The molecule has 0 spiro atoms. The lowest BCUT2D eigenvalue weighted by Gasteiger charge is -2.25. The van der Waals surface area contributed by atoms with E-state index in [1.807, 2.05) is 27.8 Å². The SMILES string of the molecule is Cc1ccc(C2CCCN2C(=O)c2ccc(-n3ccnc3)nc2)cc1. The summed E-state index contributed by atoms with van der Waals surface area (Å²) in [5.41, 5.74) is 3.07. The van der Waals surface area contributed by atoms with Crippen LogP contribution in [0.15, 0.2) is 61.3 Å². The van der Waals surface area contributed by atoms with Crippen LogP contribution in [0.25, 0.3) is 5.82 Å². The van der Waals surface area contributed by atoms with Crippen LogP contribution in [0.3, 0.4) is 0 Å². The zero-order chi connectivity index (χ0) is 17.2. The van der Waals surface area contributed by atoms with Crippen LogP contribution in [-0.4, -0.2) is 31.9 Å².